The Morgan fingerprint density at radius 2 is 2.22 bits per heavy atom. The second-order valence-electron chi connectivity index (χ2n) is 6.44. The summed E-state index contributed by atoms with van der Waals surface area (Å²) >= 11 is 0. The molecule has 0 radical (unpaired) electrons. The highest BCUT2D eigenvalue weighted by Crippen LogP contribution is 2.48. The topological polar surface area (TPSA) is 135 Å². The summed E-state index contributed by atoms with van der Waals surface area (Å²) in [7, 11) is -3.29. The predicted molar refractivity (Wildman–Crippen MR) is 96.6 cm³/mol. The van der Waals surface area contributed by atoms with Crippen molar-refractivity contribution in [3.8, 4) is 12.3 Å². The van der Waals surface area contributed by atoms with Crippen LogP contribution in [-0.2, 0) is 23.1 Å². The maximum atomic E-state index is 12.2. The Morgan fingerprint density at radius 3 is 2.78 bits per heavy atom. The minimum absolute atomic E-state index is 0.0566. The van der Waals surface area contributed by atoms with Crippen LogP contribution in [0.2, 0.25) is 0 Å². The Bertz CT molecular complexity index is 791. The van der Waals surface area contributed by atoms with Gasteiger partial charge in [0.25, 0.3) is 0 Å². The molecular weight excluding hydrogens is 377 g/mol. The molecule has 0 aliphatic carbocycles. The van der Waals surface area contributed by atoms with Gasteiger partial charge in [0, 0.05) is 13.3 Å². The van der Waals surface area contributed by atoms with Gasteiger partial charge in [-0.3, -0.25) is 13.6 Å². The second kappa shape index (κ2) is 8.97. The summed E-state index contributed by atoms with van der Waals surface area (Å²) in [5.41, 5.74) is 4.87. The molecule has 0 spiro atoms. The zero-order valence-electron chi connectivity index (χ0n) is 15.3. The van der Waals surface area contributed by atoms with Crippen molar-refractivity contribution in [2.24, 2.45) is 5.92 Å². The molecule has 2 rings (SSSR count). The number of rotatable bonds is 8. The van der Waals surface area contributed by atoms with E-state index in [-0.39, 0.29) is 18.3 Å². The molecule has 150 valence electrons. The Morgan fingerprint density at radius 1 is 1.52 bits per heavy atom. The lowest BCUT2D eigenvalue weighted by Gasteiger charge is -2.25. The monoisotopic (exact) mass is 401 g/mol. The summed E-state index contributed by atoms with van der Waals surface area (Å²) in [6, 6.07) is 1.43. The molecule has 0 bridgehead atoms. The molecule has 27 heavy (non-hydrogen) atoms. The third-order valence-electron chi connectivity index (χ3n) is 3.96. The Labute approximate surface area is 157 Å². The minimum Gasteiger partial charge on any atom is -0.383 e. The van der Waals surface area contributed by atoms with Crippen molar-refractivity contribution in [3.05, 3.63) is 22.7 Å². The van der Waals surface area contributed by atoms with Crippen LogP contribution in [0.25, 0.3) is 0 Å². The highest BCUT2D eigenvalue weighted by Gasteiger charge is 2.50. The first-order valence-electron chi connectivity index (χ1n) is 8.30. The van der Waals surface area contributed by atoms with Crippen LogP contribution in [0.3, 0.4) is 0 Å². The predicted octanol–water partition coefficient (Wildman–Crippen LogP) is 0.919. The van der Waals surface area contributed by atoms with E-state index >= 15 is 0 Å². The average Bonchev–Trinajstić information content (AvgIpc) is 2.89. The molecule has 1 aromatic heterocycles. The molecule has 1 aliphatic heterocycles. The second-order valence-corrected chi connectivity index (χ2v) is 7.95. The number of nitrogen functional groups attached to an aromatic ring is 1. The smallest absolute Gasteiger partial charge is 0.383 e. The Balaban J connectivity index is 2.44. The normalized spacial score (nSPS) is 27.4. The number of aromatic nitrogens is 2. The highest BCUT2D eigenvalue weighted by molar-refractivity contribution is 7.47. The lowest BCUT2D eigenvalue weighted by atomic mass is 10.0. The van der Waals surface area contributed by atoms with Crippen molar-refractivity contribution in [1.29, 1.82) is 0 Å². The minimum atomic E-state index is -4.35. The summed E-state index contributed by atoms with van der Waals surface area (Å²) < 4.78 is 34.6. The van der Waals surface area contributed by atoms with Crippen LogP contribution in [0.5, 0.6) is 0 Å². The number of anilines is 1. The van der Waals surface area contributed by atoms with Gasteiger partial charge in [-0.1, -0.05) is 19.8 Å². The molecule has 5 atom stereocenters. The molecule has 1 aliphatic rings. The summed E-state index contributed by atoms with van der Waals surface area (Å²) in [6.45, 7) is 3.80. The third kappa shape index (κ3) is 5.39. The van der Waals surface area contributed by atoms with Crippen LogP contribution in [0, 0.1) is 18.3 Å². The van der Waals surface area contributed by atoms with Crippen molar-refractivity contribution < 1.29 is 28.0 Å². The van der Waals surface area contributed by atoms with Gasteiger partial charge in [-0.15, -0.1) is 6.42 Å². The van der Waals surface area contributed by atoms with Crippen molar-refractivity contribution in [1.82, 2.24) is 9.55 Å². The van der Waals surface area contributed by atoms with Crippen molar-refractivity contribution in [2.75, 3.05) is 19.5 Å². The number of phosphoric acid groups is 1. The zero-order valence-corrected chi connectivity index (χ0v) is 16.2. The molecule has 5 unspecified atom stereocenters. The zero-order chi connectivity index (χ0) is 20.2. The number of phosphoric ester groups is 1. The summed E-state index contributed by atoms with van der Waals surface area (Å²) in [5.74, 6) is 2.56. The number of hydrogen-bond acceptors (Lipinski definition) is 8. The van der Waals surface area contributed by atoms with Crippen LogP contribution in [-0.4, -0.2) is 46.5 Å². The summed E-state index contributed by atoms with van der Waals surface area (Å²) in [5, 5.41) is 0. The van der Waals surface area contributed by atoms with Gasteiger partial charge in [0.1, 0.15) is 24.6 Å². The lowest BCUT2D eigenvalue weighted by Crippen LogP contribution is -2.39. The van der Waals surface area contributed by atoms with Gasteiger partial charge in [-0.05, 0) is 18.4 Å². The maximum absolute atomic E-state index is 12.2. The van der Waals surface area contributed by atoms with E-state index in [0.717, 1.165) is 7.11 Å². The first kappa shape index (κ1) is 21.6. The summed E-state index contributed by atoms with van der Waals surface area (Å²) in [6.07, 6.45) is 3.62. The van der Waals surface area contributed by atoms with Crippen molar-refractivity contribution >= 4 is 13.6 Å². The standard InChI is InChI=1S/C16H24N3O7P/c1-5-8-24-14-13(26-27(21,22)23-4)11(9-10(2)3)25-15(14)19-7-6-12(17)18-16(19)20/h1,6-7,10-11,13-15H,8-9H2,2-4H3,(H,21,22)(H2,17,18,20). The molecule has 2 heterocycles. The van der Waals surface area contributed by atoms with Crippen LogP contribution in [0.1, 0.15) is 26.5 Å². The van der Waals surface area contributed by atoms with Gasteiger partial charge in [-0.2, -0.15) is 4.98 Å². The largest absolute Gasteiger partial charge is 0.472 e. The average molecular weight is 401 g/mol. The van der Waals surface area contributed by atoms with Gasteiger partial charge >= 0.3 is 13.5 Å². The van der Waals surface area contributed by atoms with E-state index in [2.05, 4.69) is 15.4 Å². The van der Waals surface area contributed by atoms with Crippen molar-refractivity contribution in [3.63, 3.8) is 0 Å². The van der Waals surface area contributed by atoms with Gasteiger partial charge in [0.15, 0.2) is 6.23 Å². The van der Waals surface area contributed by atoms with E-state index in [1.165, 1.54) is 16.8 Å². The van der Waals surface area contributed by atoms with E-state index < -0.39 is 38.1 Å². The van der Waals surface area contributed by atoms with E-state index in [1.807, 2.05) is 13.8 Å². The highest BCUT2D eigenvalue weighted by atomic mass is 31.2. The van der Waals surface area contributed by atoms with Gasteiger partial charge in [-0.25, -0.2) is 9.36 Å². The fraction of sp³-hybridized carbons (Fsp3) is 0.625. The van der Waals surface area contributed by atoms with E-state index in [9.17, 15) is 14.3 Å². The fourth-order valence-corrected chi connectivity index (χ4v) is 3.50. The van der Waals surface area contributed by atoms with E-state index in [1.54, 1.807) is 0 Å². The first-order chi connectivity index (χ1) is 12.7. The fourth-order valence-electron chi connectivity index (χ4n) is 2.85. The van der Waals surface area contributed by atoms with Crippen LogP contribution >= 0.6 is 7.82 Å². The van der Waals surface area contributed by atoms with Crippen LogP contribution < -0.4 is 11.4 Å². The molecule has 1 fully saturated rings. The van der Waals surface area contributed by atoms with Crippen molar-refractivity contribution in [2.45, 2.75) is 44.8 Å². The van der Waals surface area contributed by atoms with Crippen LogP contribution in [0.15, 0.2) is 17.1 Å². The third-order valence-corrected chi connectivity index (χ3v) is 4.93. The molecule has 1 saturated heterocycles. The molecule has 0 amide bonds. The Kier molecular flexibility index (Phi) is 7.17. The Hall–Kier alpha value is -1.73. The van der Waals surface area contributed by atoms with E-state index in [4.69, 9.17) is 26.2 Å². The molecule has 11 heteroatoms. The number of nitrogens with zero attached hydrogens (tertiary/aromatic N) is 2. The molecule has 10 nitrogen and oxygen atoms in total. The molecule has 3 N–H and O–H groups in total. The maximum Gasteiger partial charge on any atom is 0.472 e. The van der Waals surface area contributed by atoms with Gasteiger partial charge in [0.05, 0.1) is 6.10 Å². The SMILES string of the molecule is C#CCOC1C(OP(=O)(O)OC)C(CC(C)C)OC1n1ccc(N)nc1=O. The van der Waals surface area contributed by atoms with E-state index in [0.29, 0.717) is 6.42 Å². The van der Waals surface area contributed by atoms with Crippen LogP contribution in [0.4, 0.5) is 5.82 Å². The van der Waals surface area contributed by atoms with Gasteiger partial charge in [0.2, 0.25) is 0 Å². The number of ether oxygens (including phenoxy) is 2. The first-order valence-corrected chi connectivity index (χ1v) is 9.80. The molecule has 0 aromatic carbocycles. The molecule has 1 aromatic rings. The quantitative estimate of drug-likeness (QED) is 0.481. The summed E-state index contributed by atoms with van der Waals surface area (Å²) in [4.78, 5) is 25.7. The number of terminal acetylenes is 1. The van der Waals surface area contributed by atoms with Gasteiger partial charge < -0.3 is 20.1 Å². The molecular formula is C16H24N3O7P. The molecule has 0 saturated carbocycles. The lowest BCUT2D eigenvalue weighted by molar-refractivity contribution is -0.0633. The number of nitrogens with two attached hydrogens (primary N) is 1. The number of hydrogen-bond donors (Lipinski definition) is 2.